The molecule has 1 atom stereocenters. The van der Waals surface area contributed by atoms with E-state index < -0.39 is 29.5 Å². The number of amides is 1. The van der Waals surface area contributed by atoms with Crippen LogP contribution in [0.5, 0.6) is 0 Å². The third kappa shape index (κ3) is 2.47. The lowest BCUT2D eigenvalue weighted by Gasteiger charge is -2.41. The van der Waals surface area contributed by atoms with Crippen LogP contribution in [0.3, 0.4) is 0 Å². The van der Waals surface area contributed by atoms with Crippen molar-refractivity contribution >= 4 is 11.9 Å². The number of ether oxygens (including phenoxy) is 1. The molecular weight excluding hydrogens is 289 g/mol. The Balaban J connectivity index is 1.95. The van der Waals surface area contributed by atoms with Gasteiger partial charge in [0.05, 0.1) is 6.61 Å². The Morgan fingerprint density at radius 1 is 1.18 bits per heavy atom. The first-order chi connectivity index (χ1) is 10.5. The normalized spacial score (nSPS) is 23.7. The number of carbonyl (C=O) groups is 2. The molecule has 6 heteroatoms. The van der Waals surface area contributed by atoms with Crippen molar-refractivity contribution in [3.8, 4) is 0 Å². The van der Waals surface area contributed by atoms with Crippen LogP contribution in [0.25, 0.3) is 0 Å². The largest absolute Gasteiger partial charge is 0.480 e. The molecule has 1 heterocycles. The minimum Gasteiger partial charge on any atom is -0.480 e. The third-order valence-corrected chi connectivity index (χ3v) is 4.49. The molecule has 1 saturated carbocycles. The first kappa shape index (κ1) is 15.0. The summed E-state index contributed by atoms with van der Waals surface area (Å²) in [5.41, 5.74) is -0.546. The van der Waals surface area contributed by atoms with E-state index in [-0.39, 0.29) is 12.2 Å². The number of halogens is 1. The predicted octanol–water partition coefficient (Wildman–Crippen LogP) is 2.41. The Morgan fingerprint density at radius 2 is 1.82 bits per heavy atom. The van der Waals surface area contributed by atoms with Crippen molar-refractivity contribution in [2.45, 2.75) is 43.9 Å². The second-order valence-electron chi connectivity index (χ2n) is 5.85. The van der Waals surface area contributed by atoms with Crippen molar-refractivity contribution in [3.05, 3.63) is 35.6 Å². The standard InChI is InChI=1S/C16H18FNO4/c17-12-6-4-11(5-7-12)14(19)18-13(15(20)21)10-22-16(18)8-2-1-3-9-16/h4-7,13H,1-3,8-10H2,(H,20,21). The van der Waals surface area contributed by atoms with E-state index in [1.165, 1.54) is 29.2 Å². The maximum Gasteiger partial charge on any atom is 0.328 e. The van der Waals surface area contributed by atoms with Gasteiger partial charge in [-0.1, -0.05) is 6.42 Å². The van der Waals surface area contributed by atoms with E-state index in [4.69, 9.17) is 4.74 Å². The van der Waals surface area contributed by atoms with Crippen LogP contribution in [0.2, 0.25) is 0 Å². The van der Waals surface area contributed by atoms with Gasteiger partial charge in [0.1, 0.15) is 11.5 Å². The van der Waals surface area contributed by atoms with Gasteiger partial charge in [-0.15, -0.1) is 0 Å². The van der Waals surface area contributed by atoms with Crippen LogP contribution in [0, 0.1) is 5.82 Å². The first-order valence-corrected chi connectivity index (χ1v) is 7.49. The molecule has 1 N–H and O–H groups in total. The van der Waals surface area contributed by atoms with Crippen molar-refractivity contribution in [3.63, 3.8) is 0 Å². The second kappa shape index (κ2) is 5.68. The number of aliphatic carboxylic acids is 1. The summed E-state index contributed by atoms with van der Waals surface area (Å²) < 4.78 is 18.8. The summed E-state index contributed by atoms with van der Waals surface area (Å²) in [5.74, 6) is -1.92. The molecule has 1 saturated heterocycles. The summed E-state index contributed by atoms with van der Waals surface area (Å²) in [6.45, 7) is 0.00225. The molecule has 1 aliphatic carbocycles. The number of carbonyl (C=O) groups excluding carboxylic acids is 1. The fourth-order valence-corrected chi connectivity index (χ4v) is 3.39. The number of nitrogens with zero attached hydrogens (tertiary/aromatic N) is 1. The highest BCUT2D eigenvalue weighted by atomic mass is 19.1. The van der Waals surface area contributed by atoms with Gasteiger partial charge in [-0.25, -0.2) is 9.18 Å². The minimum absolute atomic E-state index is 0.00225. The van der Waals surface area contributed by atoms with E-state index in [0.29, 0.717) is 12.8 Å². The number of rotatable bonds is 2. The van der Waals surface area contributed by atoms with E-state index in [1.54, 1.807) is 0 Å². The SMILES string of the molecule is O=C(O)C1COC2(CCCCC2)N1C(=O)c1ccc(F)cc1. The zero-order valence-electron chi connectivity index (χ0n) is 12.1. The highest BCUT2D eigenvalue weighted by molar-refractivity contribution is 5.97. The zero-order chi connectivity index (χ0) is 15.7. The predicted molar refractivity (Wildman–Crippen MR) is 75.8 cm³/mol. The third-order valence-electron chi connectivity index (χ3n) is 4.49. The van der Waals surface area contributed by atoms with Gasteiger partial charge in [0.2, 0.25) is 0 Å². The molecule has 1 unspecified atom stereocenters. The van der Waals surface area contributed by atoms with Crippen molar-refractivity contribution in [1.82, 2.24) is 4.90 Å². The molecule has 0 aromatic heterocycles. The molecule has 0 bridgehead atoms. The van der Waals surface area contributed by atoms with Gasteiger partial charge in [0.15, 0.2) is 6.04 Å². The van der Waals surface area contributed by atoms with E-state index in [1.807, 2.05) is 0 Å². The summed E-state index contributed by atoms with van der Waals surface area (Å²) in [6, 6.07) is 4.17. The molecule has 2 fully saturated rings. The molecular formula is C16H18FNO4. The summed E-state index contributed by atoms with van der Waals surface area (Å²) in [6.07, 6.45) is 4.15. The molecule has 1 spiro atoms. The van der Waals surface area contributed by atoms with Crippen LogP contribution in [0.1, 0.15) is 42.5 Å². The van der Waals surface area contributed by atoms with Crippen LogP contribution >= 0.6 is 0 Å². The van der Waals surface area contributed by atoms with Gasteiger partial charge in [0, 0.05) is 5.56 Å². The maximum atomic E-state index is 13.0. The average Bonchev–Trinajstić information content (AvgIpc) is 2.87. The Hall–Kier alpha value is -1.95. The maximum absolute atomic E-state index is 13.0. The molecule has 1 aliphatic heterocycles. The van der Waals surface area contributed by atoms with Crippen molar-refractivity contribution < 1.29 is 23.8 Å². The lowest BCUT2D eigenvalue weighted by Crippen LogP contribution is -2.54. The summed E-state index contributed by atoms with van der Waals surface area (Å²) in [7, 11) is 0. The van der Waals surface area contributed by atoms with Gasteiger partial charge in [-0.2, -0.15) is 0 Å². The minimum atomic E-state index is -1.07. The van der Waals surface area contributed by atoms with E-state index >= 15 is 0 Å². The van der Waals surface area contributed by atoms with E-state index in [0.717, 1.165) is 19.3 Å². The molecule has 1 aromatic rings. The van der Waals surface area contributed by atoms with Crippen LogP contribution in [-0.4, -0.2) is 40.3 Å². The van der Waals surface area contributed by atoms with Gasteiger partial charge in [-0.3, -0.25) is 9.69 Å². The number of hydrogen-bond acceptors (Lipinski definition) is 3. The van der Waals surface area contributed by atoms with Gasteiger partial charge >= 0.3 is 5.97 Å². The van der Waals surface area contributed by atoms with Crippen LogP contribution in [-0.2, 0) is 9.53 Å². The number of carboxylic acid groups (broad SMARTS) is 1. The van der Waals surface area contributed by atoms with Crippen LogP contribution < -0.4 is 0 Å². The van der Waals surface area contributed by atoms with E-state index in [2.05, 4.69) is 0 Å². The Morgan fingerprint density at radius 3 is 2.41 bits per heavy atom. The van der Waals surface area contributed by atoms with Crippen molar-refractivity contribution in [2.75, 3.05) is 6.61 Å². The summed E-state index contributed by atoms with van der Waals surface area (Å²) >= 11 is 0. The zero-order valence-corrected chi connectivity index (χ0v) is 12.1. The molecule has 1 amide bonds. The molecule has 3 rings (SSSR count). The second-order valence-corrected chi connectivity index (χ2v) is 5.85. The lowest BCUT2D eigenvalue weighted by atomic mass is 9.89. The van der Waals surface area contributed by atoms with Gasteiger partial charge < -0.3 is 9.84 Å². The van der Waals surface area contributed by atoms with Crippen molar-refractivity contribution in [1.29, 1.82) is 0 Å². The Bertz CT molecular complexity index is 580. The van der Waals surface area contributed by atoms with Gasteiger partial charge in [-0.05, 0) is 49.9 Å². The molecule has 5 nitrogen and oxygen atoms in total. The fraction of sp³-hybridized carbons (Fsp3) is 0.500. The fourth-order valence-electron chi connectivity index (χ4n) is 3.39. The molecule has 0 radical (unpaired) electrons. The molecule has 118 valence electrons. The van der Waals surface area contributed by atoms with Crippen molar-refractivity contribution in [2.24, 2.45) is 0 Å². The monoisotopic (exact) mass is 307 g/mol. The number of benzene rings is 1. The number of hydrogen-bond donors (Lipinski definition) is 1. The number of carboxylic acids is 1. The topological polar surface area (TPSA) is 66.8 Å². The highest BCUT2D eigenvalue weighted by Crippen LogP contribution is 2.41. The quantitative estimate of drug-likeness (QED) is 0.911. The van der Waals surface area contributed by atoms with Crippen LogP contribution in [0.4, 0.5) is 4.39 Å². The Labute approximate surface area is 127 Å². The van der Waals surface area contributed by atoms with Crippen LogP contribution in [0.15, 0.2) is 24.3 Å². The first-order valence-electron chi connectivity index (χ1n) is 7.49. The molecule has 1 aromatic carbocycles. The van der Waals surface area contributed by atoms with Gasteiger partial charge in [0.25, 0.3) is 5.91 Å². The average molecular weight is 307 g/mol. The smallest absolute Gasteiger partial charge is 0.328 e. The summed E-state index contributed by atoms with van der Waals surface area (Å²) in [4.78, 5) is 25.7. The highest BCUT2D eigenvalue weighted by Gasteiger charge is 2.53. The van der Waals surface area contributed by atoms with E-state index in [9.17, 15) is 19.1 Å². The summed E-state index contributed by atoms with van der Waals surface area (Å²) in [5, 5.41) is 9.40. The lowest BCUT2D eigenvalue weighted by molar-refractivity contribution is -0.143. The Kier molecular flexibility index (Phi) is 3.87. The molecule has 2 aliphatic rings. The molecule has 22 heavy (non-hydrogen) atoms.